The standard InChI is InChI=1S/C23H17N2.C16H16N.Sr/c1-3-8-20(15-24)22(4-2)18-11-7-12-19(13-18)23-14-17-9-5-6-10-21(17)16-25-23;1-11-7-6-10-16-15-9-5-4-8-14(15)12(2)13(3)17(11)16;/h3-11,13-14,16H,1H2,2H3;4-10H,1-3H3;/q2*-1;+2/p+1/b20-8-,22-4-;;. The Morgan fingerprint density at radius 1 is 0.977 bits per heavy atom. The van der Waals surface area contributed by atoms with E-state index >= 15 is 0 Å². The van der Waals surface area contributed by atoms with Crippen LogP contribution in [0.2, 0.25) is 0 Å². The number of H-pyrrole nitrogens is 1. The van der Waals surface area contributed by atoms with E-state index in [2.05, 4.69) is 110 Å². The van der Waals surface area contributed by atoms with Crippen LogP contribution >= 0.6 is 0 Å². The van der Waals surface area contributed by atoms with Crippen LogP contribution in [0.25, 0.3) is 38.9 Å². The number of hydrogen-bond acceptors (Lipinski definition) is 1. The first-order valence-electron chi connectivity index (χ1n) is 14.1. The van der Waals surface area contributed by atoms with E-state index in [0.717, 1.165) is 27.8 Å². The number of fused-ring (bicyclic) bond motifs is 4. The second-order valence-corrected chi connectivity index (χ2v) is 10.2. The Morgan fingerprint density at radius 3 is 2.47 bits per heavy atom. The zero-order valence-corrected chi connectivity index (χ0v) is 28.8. The van der Waals surface area contributed by atoms with Crippen LogP contribution in [0.4, 0.5) is 0 Å². The van der Waals surface area contributed by atoms with Crippen molar-refractivity contribution in [3.63, 3.8) is 0 Å². The van der Waals surface area contributed by atoms with E-state index in [1.165, 1.54) is 39.9 Å². The second kappa shape index (κ2) is 14.6. The van der Waals surface area contributed by atoms with Gasteiger partial charge in [-0.3, -0.25) is 4.98 Å². The van der Waals surface area contributed by atoms with E-state index in [-0.39, 0.29) is 45.5 Å². The number of nitrogens with zero attached hydrogens (tertiary/aromatic N) is 2. The van der Waals surface area contributed by atoms with Gasteiger partial charge < -0.3 is 4.57 Å². The Hall–Kier alpha value is -3.85. The van der Waals surface area contributed by atoms with Gasteiger partial charge in [-0.1, -0.05) is 79.2 Å². The SMILES string of the molecule is C=C/C=C(C#N)\C(=C/C)c1cc[c-]c(-c2cc3ccccc3c[nH+]2)c1.Cc1cccc2[n+]1[C-](C)[C-](C)c1ccccc1-2.[Sr+2]. The summed E-state index contributed by atoms with van der Waals surface area (Å²) in [5, 5.41) is 11.7. The van der Waals surface area contributed by atoms with Crippen molar-refractivity contribution in [2.45, 2.75) is 27.7 Å². The molecule has 2 aromatic heterocycles. The molecule has 0 amide bonds. The third kappa shape index (κ3) is 6.72. The topological polar surface area (TPSA) is 41.8 Å². The minimum atomic E-state index is 0. The predicted molar refractivity (Wildman–Crippen MR) is 177 cm³/mol. The normalized spacial score (nSPS) is 12.3. The number of aromatic amines is 1. The quantitative estimate of drug-likeness (QED) is 0.0650. The number of allylic oxidation sites excluding steroid dienone is 5. The minimum absolute atomic E-state index is 0. The number of aryl methyl sites for hydroxylation is 1. The Bertz CT molecular complexity index is 1880. The molecule has 0 aliphatic carbocycles. The first-order chi connectivity index (χ1) is 20.5. The van der Waals surface area contributed by atoms with Gasteiger partial charge in [0.1, 0.15) is 5.69 Å². The average Bonchev–Trinajstić information content (AvgIpc) is 3.03. The van der Waals surface area contributed by atoms with Gasteiger partial charge in [-0.15, -0.1) is 47.9 Å². The van der Waals surface area contributed by atoms with E-state index in [9.17, 15) is 5.26 Å². The van der Waals surface area contributed by atoms with Gasteiger partial charge in [0.2, 0.25) is 0 Å². The van der Waals surface area contributed by atoms with Gasteiger partial charge in [0.25, 0.3) is 0 Å². The number of aromatic nitrogens is 2. The van der Waals surface area contributed by atoms with Crippen LogP contribution in [0.3, 0.4) is 0 Å². The number of benzene rings is 3. The maximum absolute atomic E-state index is 9.40. The molecule has 0 fully saturated rings. The minimum Gasteiger partial charge on any atom is -0.343 e. The van der Waals surface area contributed by atoms with Crippen molar-refractivity contribution in [1.82, 2.24) is 0 Å². The molecule has 3 aromatic carbocycles. The molecule has 0 saturated heterocycles. The molecular formula is C39H34N3Sr+. The van der Waals surface area contributed by atoms with Gasteiger partial charge in [-0.2, -0.15) is 16.9 Å². The zero-order chi connectivity index (χ0) is 29.6. The summed E-state index contributed by atoms with van der Waals surface area (Å²) < 4.78 is 2.34. The summed E-state index contributed by atoms with van der Waals surface area (Å²) in [7, 11) is 0. The van der Waals surface area contributed by atoms with Crippen LogP contribution in [-0.4, -0.2) is 45.5 Å². The molecule has 3 nitrogen and oxygen atoms in total. The fourth-order valence-corrected chi connectivity index (χ4v) is 5.52. The molecule has 0 unspecified atom stereocenters. The molecule has 4 heteroatoms. The van der Waals surface area contributed by atoms with Crippen molar-refractivity contribution in [3.05, 3.63) is 162 Å². The van der Waals surface area contributed by atoms with Crippen molar-refractivity contribution in [3.8, 4) is 28.6 Å². The van der Waals surface area contributed by atoms with Gasteiger partial charge in [0.05, 0.1) is 23.0 Å². The van der Waals surface area contributed by atoms with E-state index in [1.54, 1.807) is 12.2 Å². The molecule has 0 bridgehead atoms. The molecule has 1 aliphatic heterocycles. The first kappa shape index (κ1) is 32.1. The van der Waals surface area contributed by atoms with Crippen LogP contribution < -0.4 is 9.55 Å². The predicted octanol–water partition coefficient (Wildman–Crippen LogP) is 8.09. The molecule has 5 aromatic rings. The molecule has 0 spiro atoms. The molecule has 3 heterocycles. The van der Waals surface area contributed by atoms with Crippen LogP contribution in [0.5, 0.6) is 0 Å². The number of pyridine rings is 2. The van der Waals surface area contributed by atoms with Crippen molar-refractivity contribution in [2.75, 3.05) is 0 Å². The van der Waals surface area contributed by atoms with Gasteiger partial charge in [0, 0.05) is 11.4 Å². The van der Waals surface area contributed by atoms with Crippen molar-refractivity contribution in [1.29, 1.82) is 5.26 Å². The average molecular weight is 632 g/mol. The van der Waals surface area contributed by atoms with Crippen LogP contribution in [0.15, 0.2) is 128 Å². The zero-order valence-electron chi connectivity index (χ0n) is 25.3. The third-order valence-electron chi connectivity index (χ3n) is 7.74. The number of nitriles is 1. The maximum atomic E-state index is 9.40. The van der Waals surface area contributed by atoms with Gasteiger partial charge in [-0.05, 0) is 49.9 Å². The molecule has 0 atom stereocenters. The first-order valence-corrected chi connectivity index (χ1v) is 14.1. The van der Waals surface area contributed by atoms with E-state index in [4.69, 9.17) is 0 Å². The van der Waals surface area contributed by atoms with Crippen LogP contribution in [0, 0.1) is 36.3 Å². The van der Waals surface area contributed by atoms with E-state index in [0.29, 0.717) is 5.57 Å². The summed E-state index contributed by atoms with van der Waals surface area (Å²) in [6.07, 6.45) is 7.31. The Balaban J connectivity index is 0.000000205. The fraction of sp³-hybridized carbons (Fsp3) is 0.103. The van der Waals surface area contributed by atoms with Crippen LogP contribution in [-0.2, 0) is 0 Å². The Morgan fingerprint density at radius 2 is 1.72 bits per heavy atom. The molecule has 43 heavy (non-hydrogen) atoms. The Labute approximate surface area is 292 Å². The molecule has 1 aliphatic rings. The second-order valence-electron chi connectivity index (χ2n) is 10.2. The summed E-state index contributed by atoms with van der Waals surface area (Å²) >= 11 is 0. The third-order valence-corrected chi connectivity index (χ3v) is 7.74. The number of nitrogens with one attached hydrogen (secondary N) is 1. The fourth-order valence-electron chi connectivity index (χ4n) is 5.52. The maximum Gasteiger partial charge on any atom is 2.00 e. The van der Waals surface area contributed by atoms with Gasteiger partial charge >= 0.3 is 45.5 Å². The molecular weight excluding hydrogens is 598 g/mol. The smallest absolute Gasteiger partial charge is 0.343 e. The summed E-state index contributed by atoms with van der Waals surface area (Å²) in [6, 6.07) is 38.2. The van der Waals surface area contributed by atoms with E-state index < -0.39 is 0 Å². The summed E-state index contributed by atoms with van der Waals surface area (Å²) in [5.41, 5.74) is 9.68. The van der Waals surface area contributed by atoms with Crippen LogP contribution in [0.1, 0.15) is 37.6 Å². The number of hydrogen-bond donors (Lipinski definition) is 0. The summed E-state index contributed by atoms with van der Waals surface area (Å²) in [6.45, 7) is 12.2. The molecule has 0 saturated carbocycles. The van der Waals surface area contributed by atoms with Crippen molar-refractivity contribution >= 4 is 61.8 Å². The molecule has 0 radical (unpaired) electrons. The largest absolute Gasteiger partial charge is 2.00 e. The molecule has 1 N–H and O–H groups in total. The summed E-state index contributed by atoms with van der Waals surface area (Å²) in [5.74, 6) is 1.37. The van der Waals surface area contributed by atoms with Gasteiger partial charge in [0.15, 0.2) is 6.20 Å². The summed E-state index contributed by atoms with van der Waals surface area (Å²) in [4.78, 5) is 3.33. The number of rotatable bonds is 4. The van der Waals surface area contributed by atoms with Crippen molar-refractivity contribution < 1.29 is 9.55 Å². The monoisotopic (exact) mass is 632 g/mol. The van der Waals surface area contributed by atoms with Crippen molar-refractivity contribution in [2.24, 2.45) is 0 Å². The Kier molecular flexibility index (Phi) is 10.9. The van der Waals surface area contributed by atoms with Gasteiger partial charge in [-0.25, -0.2) is 0 Å². The molecule has 206 valence electrons. The van der Waals surface area contributed by atoms with E-state index in [1.807, 2.05) is 49.5 Å². The molecule has 6 rings (SSSR count).